The van der Waals surface area contributed by atoms with Gasteiger partial charge in [-0.05, 0) is 18.2 Å². The fourth-order valence-electron chi connectivity index (χ4n) is 4.47. The average Bonchev–Trinajstić information content (AvgIpc) is 3.20. The number of hydroxylamine groups is 2. The minimum absolute atomic E-state index is 0.0391. The third kappa shape index (κ3) is 4.03. The van der Waals surface area contributed by atoms with Gasteiger partial charge >= 0.3 is 0 Å². The molecule has 2 aliphatic rings. The maximum Gasteiger partial charge on any atom is 0.221 e. The van der Waals surface area contributed by atoms with Crippen LogP contribution in [0.1, 0.15) is 11.6 Å². The summed E-state index contributed by atoms with van der Waals surface area (Å²) >= 11 is 0. The standard InChI is InChI=1S/C22H28FN3O5S/c1-24-21(16-7-6-10-19(29-2)22(16)30-3)20(15-31-24)32(27,28)26-13-11-25(12-14-26)18-9-5-4-8-17(18)23/h4-10,20-21H,11-15H2,1-3H3/t20-,21+/m1/s1. The van der Waals surface area contributed by atoms with Crippen LogP contribution < -0.4 is 14.4 Å². The van der Waals surface area contributed by atoms with Gasteiger partial charge in [0.05, 0.1) is 32.6 Å². The number of para-hydroxylation sites is 2. The Bertz CT molecular complexity index is 1060. The van der Waals surface area contributed by atoms with Gasteiger partial charge in [0.1, 0.15) is 11.1 Å². The molecule has 0 radical (unpaired) electrons. The smallest absolute Gasteiger partial charge is 0.221 e. The first kappa shape index (κ1) is 22.8. The molecule has 8 nitrogen and oxygen atoms in total. The highest BCUT2D eigenvalue weighted by molar-refractivity contribution is 7.89. The lowest BCUT2D eigenvalue weighted by atomic mass is 10.0. The number of sulfonamides is 1. The summed E-state index contributed by atoms with van der Waals surface area (Å²) < 4.78 is 53.8. The monoisotopic (exact) mass is 465 g/mol. The molecule has 2 aliphatic heterocycles. The van der Waals surface area contributed by atoms with Crippen molar-refractivity contribution in [2.45, 2.75) is 11.3 Å². The molecule has 0 N–H and O–H groups in total. The lowest BCUT2D eigenvalue weighted by Crippen LogP contribution is -2.52. The Labute approximate surface area is 188 Å². The van der Waals surface area contributed by atoms with Crippen molar-refractivity contribution < 1.29 is 27.1 Å². The van der Waals surface area contributed by atoms with Crippen LogP contribution in [0.5, 0.6) is 11.5 Å². The lowest BCUT2D eigenvalue weighted by molar-refractivity contribution is -0.110. The van der Waals surface area contributed by atoms with Gasteiger partial charge in [0.2, 0.25) is 10.0 Å². The summed E-state index contributed by atoms with van der Waals surface area (Å²) in [7, 11) is 1.09. The minimum atomic E-state index is -3.70. The molecule has 2 atom stereocenters. The third-order valence-corrected chi connectivity index (χ3v) is 8.36. The Morgan fingerprint density at radius 3 is 2.38 bits per heavy atom. The Morgan fingerprint density at radius 2 is 1.72 bits per heavy atom. The number of anilines is 1. The number of ether oxygens (including phenoxy) is 2. The van der Waals surface area contributed by atoms with Crippen molar-refractivity contribution in [1.29, 1.82) is 0 Å². The summed E-state index contributed by atoms with van der Waals surface area (Å²) in [4.78, 5) is 7.54. The van der Waals surface area contributed by atoms with Crippen molar-refractivity contribution >= 4 is 15.7 Å². The van der Waals surface area contributed by atoms with E-state index < -0.39 is 21.3 Å². The maximum atomic E-state index is 14.1. The molecule has 2 heterocycles. The Hall–Kier alpha value is -2.40. The van der Waals surface area contributed by atoms with E-state index in [1.807, 2.05) is 11.0 Å². The zero-order valence-corrected chi connectivity index (χ0v) is 19.2. The van der Waals surface area contributed by atoms with Gasteiger partial charge in [-0.3, -0.25) is 4.84 Å². The zero-order chi connectivity index (χ0) is 22.9. The summed E-state index contributed by atoms with van der Waals surface area (Å²) in [5.41, 5.74) is 1.18. The number of nitrogens with zero attached hydrogens (tertiary/aromatic N) is 3. The summed E-state index contributed by atoms with van der Waals surface area (Å²) in [6, 6.07) is 11.4. The molecule has 174 valence electrons. The molecule has 2 aromatic rings. The van der Waals surface area contributed by atoms with Crippen LogP contribution in [0.3, 0.4) is 0 Å². The molecule has 2 aromatic carbocycles. The second-order valence-electron chi connectivity index (χ2n) is 7.79. The summed E-state index contributed by atoms with van der Waals surface area (Å²) in [6.45, 7) is 1.42. The fraction of sp³-hybridized carbons (Fsp3) is 0.455. The molecule has 2 fully saturated rings. The Balaban J connectivity index is 1.57. The number of benzene rings is 2. The van der Waals surface area contributed by atoms with Gasteiger partial charge < -0.3 is 14.4 Å². The zero-order valence-electron chi connectivity index (χ0n) is 18.4. The van der Waals surface area contributed by atoms with Crippen LogP contribution >= 0.6 is 0 Å². The van der Waals surface area contributed by atoms with Crippen LogP contribution in [0, 0.1) is 5.82 Å². The number of methoxy groups -OCH3 is 2. The van der Waals surface area contributed by atoms with Crippen molar-refractivity contribution in [3.8, 4) is 11.5 Å². The first-order valence-corrected chi connectivity index (χ1v) is 11.9. The molecule has 0 amide bonds. The molecule has 0 aromatic heterocycles. The molecule has 0 saturated carbocycles. The normalized spacial score (nSPS) is 22.8. The Morgan fingerprint density at radius 1 is 1.00 bits per heavy atom. The number of halogens is 1. The van der Waals surface area contributed by atoms with E-state index in [0.717, 1.165) is 0 Å². The van der Waals surface area contributed by atoms with Crippen molar-refractivity contribution in [2.75, 3.05) is 59.0 Å². The van der Waals surface area contributed by atoms with Crippen LogP contribution in [0.2, 0.25) is 0 Å². The fourth-order valence-corrected chi connectivity index (χ4v) is 6.40. The second-order valence-corrected chi connectivity index (χ2v) is 9.94. The number of hydrogen-bond acceptors (Lipinski definition) is 7. The molecule has 32 heavy (non-hydrogen) atoms. The van der Waals surface area contributed by atoms with Crippen LogP contribution in [0.4, 0.5) is 10.1 Å². The first-order chi connectivity index (χ1) is 15.4. The minimum Gasteiger partial charge on any atom is -0.493 e. The van der Waals surface area contributed by atoms with Gasteiger partial charge in [0.15, 0.2) is 11.5 Å². The van der Waals surface area contributed by atoms with Crippen LogP contribution in [0.25, 0.3) is 0 Å². The molecule has 0 spiro atoms. The third-order valence-electron chi connectivity index (χ3n) is 6.11. The predicted molar refractivity (Wildman–Crippen MR) is 119 cm³/mol. The topological polar surface area (TPSA) is 71.6 Å². The second kappa shape index (κ2) is 9.22. The summed E-state index contributed by atoms with van der Waals surface area (Å²) in [6.07, 6.45) is 0. The van der Waals surface area contributed by atoms with Crippen LogP contribution in [-0.2, 0) is 14.9 Å². The maximum absolute atomic E-state index is 14.1. The average molecular weight is 466 g/mol. The van der Waals surface area contributed by atoms with E-state index in [4.69, 9.17) is 14.3 Å². The number of rotatable bonds is 6. The van der Waals surface area contributed by atoms with Crippen molar-refractivity contribution in [3.63, 3.8) is 0 Å². The lowest BCUT2D eigenvalue weighted by Gasteiger charge is -2.37. The summed E-state index contributed by atoms with van der Waals surface area (Å²) in [5, 5.41) is 0.753. The van der Waals surface area contributed by atoms with E-state index >= 15 is 0 Å². The predicted octanol–water partition coefficient (Wildman–Crippen LogP) is 2.28. The highest BCUT2D eigenvalue weighted by Gasteiger charge is 2.47. The Kier molecular flexibility index (Phi) is 6.57. The van der Waals surface area contributed by atoms with E-state index in [1.165, 1.54) is 17.5 Å². The first-order valence-electron chi connectivity index (χ1n) is 10.4. The largest absolute Gasteiger partial charge is 0.493 e. The van der Waals surface area contributed by atoms with Crippen molar-refractivity contribution in [2.24, 2.45) is 0 Å². The molecule has 10 heteroatoms. The molecular weight excluding hydrogens is 437 g/mol. The summed E-state index contributed by atoms with van der Waals surface area (Å²) in [5.74, 6) is 0.710. The molecule has 4 rings (SSSR count). The van der Waals surface area contributed by atoms with Gasteiger partial charge in [-0.1, -0.05) is 24.3 Å². The SMILES string of the molecule is COc1cccc([C@H]2[C@H](S(=O)(=O)N3CCN(c4ccccc4F)CC3)CON2C)c1OC. The van der Waals surface area contributed by atoms with Gasteiger partial charge in [-0.25, -0.2) is 12.8 Å². The number of piperazine rings is 1. The molecule has 2 saturated heterocycles. The number of hydrogen-bond donors (Lipinski definition) is 0. The molecule has 0 bridgehead atoms. The van der Waals surface area contributed by atoms with Crippen LogP contribution in [-0.4, -0.2) is 77.1 Å². The highest BCUT2D eigenvalue weighted by Crippen LogP contribution is 2.43. The van der Waals surface area contributed by atoms with Gasteiger partial charge in [-0.2, -0.15) is 9.37 Å². The molecule has 0 aliphatic carbocycles. The quantitative estimate of drug-likeness (QED) is 0.648. The van der Waals surface area contributed by atoms with Crippen molar-refractivity contribution in [3.05, 3.63) is 53.8 Å². The van der Waals surface area contributed by atoms with E-state index in [-0.39, 0.29) is 25.5 Å². The van der Waals surface area contributed by atoms with E-state index in [2.05, 4.69) is 0 Å². The van der Waals surface area contributed by atoms with Gasteiger partial charge in [0.25, 0.3) is 0 Å². The van der Waals surface area contributed by atoms with Crippen LogP contribution in [0.15, 0.2) is 42.5 Å². The van der Waals surface area contributed by atoms with Gasteiger partial charge in [-0.15, -0.1) is 0 Å². The van der Waals surface area contributed by atoms with Crippen molar-refractivity contribution in [1.82, 2.24) is 9.37 Å². The molecule has 0 unspecified atom stereocenters. The van der Waals surface area contributed by atoms with E-state index in [0.29, 0.717) is 35.8 Å². The van der Waals surface area contributed by atoms with Gasteiger partial charge in [0, 0.05) is 38.8 Å². The van der Waals surface area contributed by atoms with E-state index in [9.17, 15) is 12.8 Å². The molecular formula is C22H28FN3O5S. The highest BCUT2D eigenvalue weighted by atomic mass is 32.2. The van der Waals surface area contributed by atoms with E-state index in [1.54, 1.807) is 49.6 Å².